The van der Waals surface area contributed by atoms with Gasteiger partial charge in [0.1, 0.15) is 0 Å². The Labute approximate surface area is 135 Å². The van der Waals surface area contributed by atoms with E-state index >= 15 is 0 Å². The van der Waals surface area contributed by atoms with E-state index in [1.165, 1.54) is 11.2 Å². The number of carbonyl (C=O) groups excluding carboxylic acids is 1. The van der Waals surface area contributed by atoms with Crippen molar-refractivity contribution < 1.29 is 17.9 Å². The molecule has 0 spiro atoms. The predicted molar refractivity (Wildman–Crippen MR) is 89.0 cm³/mol. The third kappa shape index (κ3) is 3.44. The first-order valence-electron chi connectivity index (χ1n) is 7.55. The molecule has 0 saturated carbocycles. The molecule has 0 aromatic heterocycles. The number of nitrogens with zero attached hydrogens (tertiary/aromatic N) is 1. The van der Waals surface area contributed by atoms with E-state index in [9.17, 15) is 13.2 Å². The maximum atomic E-state index is 12.5. The van der Waals surface area contributed by atoms with Gasteiger partial charge in [-0.1, -0.05) is 30.3 Å². The highest BCUT2D eigenvalue weighted by Crippen LogP contribution is 2.23. The van der Waals surface area contributed by atoms with Gasteiger partial charge in [-0.25, -0.2) is 8.42 Å². The lowest BCUT2D eigenvalue weighted by atomic mass is 10.0. The number of hydrogen-bond donors (Lipinski definition) is 0. The smallest absolute Gasteiger partial charge is 0.218 e. The molecule has 3 rings (SSSR count). The van der Waals surface area contributed by atoms with Crippen LogP contribution in [0.1, 0.15) is 22.8 Å². The van der Waals surface area contributed by atoms with Crippen molar-refractivity contribution in [2.75, 3.05) is 26.3 Å². The van der Waals surface area contributed by atoms with Gasteiger partial charge in [0.25, 0.3) is 0 Å². The summed E-state index contributed by atoms with van der Waals surface area (Å²) in [6.07, 6.45) is 0. The second-order valence-corrected chi connectivity index (χ2v) is 7.65. The minimum Gasteiger partial charge on any atom is -0.379 e. The van der Waals surface area contributed by atoms with E-state index < -0.39 is 10.0 Å². The van der Waals surface area contributed by atoms with Gasteiger partial charge in [-0.2, -0.15) is 4.31 Å². The molecule has 2 aromatic carbocycles. The molecule has 0 unspecified atom stereocenters. The Morgan fingerprint density at radius 1 is 1.17 bits per heavy atom. The summed E-state index contributed by atoms with van der Waals surface area (Å²) in [5.41, 5.74) is 1.31. The van der Waals surface area contributed by atoms with Crippen LogP contribution in [0.25, 0.3) is 10.8 Å². The summed E-state index contributed by atoms with van der Waals surface area (Å²) >= 11 is 0. The zero-order valence-corrected chi connectivity index (χ0v) is 13.8. The summed E-state index contributed by atoms with van der Waals surface area (Å²) < 4.78 is 31.7. The molecule has 0 N–H and O–H groups in total. The first-order chi connectivity index (χ1) is 11.0. The number of sulfonamides is 1. The second kappa shape index (κ2) is 6.39. The summed E-state index contributed by atoms with van der Waals surface area (Å²) in [6.45, 7) is 3.19. The van der Waals surface area contributed by atoms with Gasteiger partial charge >= 0.3 is 0 Å². The first-order valence-corrected chi connectivity index (χ1v) is 9.16. The molecule has 0 aliphatic carbocycles. The number of carbonyl (C=O) groups is 1. The third-order valence-corrected chi connectivity index (χ3v) is 5.89. The SMILES string of the molecule is CC(=O)c1cccc2ccc(CS(=O)(=O)N3CCOCC3)cc12. The normalized spacial score (nSPS) is 16.6. The van der Waals surface area contributed by atoms with Crippen LogP contribution in [0.3, 0.4) is 0 Å². The zero-order valence-electron chi connectivity index (χ0n) is 13.0. The van der Waals surface area contributed by atoms with Crippen LogP contribution in [0.5, 0.6) is 0 Å². The number of hydrogen-bond acceptors (Lipinski definition) is 4. The van der Waals surface area contributed by atoms with Crippen molar-refractivity contribution in [1.29, 1.82) is 0 Å². The maximum absolute atomic E-state index is 12.5. The molecule has 122 valence electrons. The number of Topliss-reactive ketones (excluding diaryl/α,β-unsaturated/α-hetero) is 1. The molecule has 6 heteroatoms. The van der Waals surface area contributed by atoms with Gasteiger partial charge in [-0.3, -0.25) is 4.79 Å². The Morgan fingerprint density at radius 3 is 2.61 bits per heavy atom. The molecule has 1 aliphatic heterocycles. The Bertz CT molecular complexity index is 839. The molecule has 0 bridgehead atoms. The summed E-state index contributed by atoms with van der Waals surface area (Å²) in [7, 11) is -3.37. The Balaban J connectivity index is 1.94. The number of rotatable bonds is 4. The van der Waals surface area contributed by atoms with Crippen molar-refractivity contribution in [2.45, 2.75) is 12.7 Å². The van der Waals surface area contributed by atoms with E-state index in [1.807, 2.05) is 30.3 Å². The van der Waals surface area contributed by atoms with Gasteiger partial charge in [-0.15, -0.1) is 0 Å². The van der Waals surface area contributed by atoms with E-state index in [-0.39, 0.29) is 11.5 Å². The van der Waals surface area contributed by atoms with Gasteiger partial charge in [0.05, 0.1) is 19.0 Å². The van der Waals surface area contributed by atoms with Gasteiger partial charge in [0.2, 0.25) is 10.0 Å². The quantitative estimate of drug-likeness (QED) is 0.805. The minimum absolute atomic E-state index is 0.0243. The number of fused-ring (bicyclic) bond motifs is 1. The fraction of sp³-hybridized carbons (Fsp3) is 0.353. The van der Waals surface area contributed by atoms with Crippen LogP contribution in [0.15, 0.2) is 36.4 Å². The third-order valence-electron chi connectivity index (χ3n) is 4.04. The topological polar surface area (TPSA) is 63.7 Å². The highest BCUT2D eigenvalue weighted by molar-refractivity contribution is 7.88. The van der Waals surface area contributed by atoms with Crippen molar-refractivity contribution in [2.24, 2.45) is 0 Å². The van der Waals surface area contributed by atoms with E-state index in [2.05, 4.69) is 0 Å². The van der Waals surface area contributed by atoms with Crippen LogP contribution in [-0.2, 0) is 20.5 Å². The molecule has 0 atom stereocenters. The summed E-state index contributed by atoms with van der Waals surface area (Å²) in [5.74, 6) is -0.0846. The van der Waals surface area contributed by atoms with Crippen LogP contribution >= 0.6 is 0 Å². The van der Waals surface area contributed by atoms with Crippen LogP contribution < -0.4 is 0 Å². The van der Waals surface area contributed by atoms with Crippen molar-refractivity contribution in [3.05, 3.63) is 47.5 Å². The molecule has 1 saturated heterocycles. The fourth-order valence-corrected chi connectivity index (χ4v) is 4.33. The summed E-state index contributed by atoms with van der Waals surface area (Å²) in [6, 6.07) is 11.0. The Kier molecular flexibility index (Phi) is 4.48. The molecular formula is C17H19NO4S. The lowest BCUT2D eigenvalue weighted by Crippen LogP contribution is -2.41. The molecule has 5 nitrogen and oxygen atoms in total. The highest BCUT2D eigenvalue weighted by Gasteiger charge is 2.24. The van der Waals surface area contributed by atoms with E-state index in [4.69, 9.17) is 4.74 Å². The standard InChI is InChI=1S/C17H19NO4S/c1-13(19)16-4-2-3-15-6-5-14(11-17(15)16)12-23(20,21)18-7-9-22-10-8-18/h2-6,11H,7-10,12H2,1H3. The molecule has 23 heavy (non-hydrogen) atoms. The number of benzene rings is 2. The van der Waals surface area contributed by atoms with Gasteiger partial charge in [-0.05, 0) is 29.3 Å². The largest absolute Gasteiger partial charge is 0.379 e. The van der Waals surface area contributed by atoms with Gasteiger partial charge < -0.3 is 4.74 Å². The summed E-state index contributed by atoms with van der Waals surface area (Å²) in [4.78, 5) is 11.8. The van der Waals surface area contributed by atoms with Gasteiger partial charge in [0.15, 0.2) is 5.78 Å². The lowest BCUT2D eigenvalue weighted by molar-refractivity contribution is 0.0729. The molecule has 0 radical (unpaired) electrons. The summed E-state index contributed by atoms with van der Waals surface area (Å²) in [5, 5.41) is 1.74. The van der Waals surface area contributed by atoms with E-state index in [0.717, 1.165) is 10.8 Å². The highest BCUT2D eigenvalue weighted by atomic mass is 32.2. The first kappa shape index (κ1) is 16.1. The van der Waals surface area contributed by atoms with Crippen molar-refractivity contribution >= 4 is 26.6 Å². The Hall–Kier alpha value is -1.76. The van der Waals surface area contributed by atoms with E-state index in [1.54, 1.807) is 6.07 Å². The van der Waals surface area contributed by atoms with Crippen molar-refractivity contribution in [3.63, 3.8) is 0 Å². The molecule has 2 aromatic rings. The predicted octanol–water partition coefficient (Wildman–Crippen LogP) is 2.20. The average molecular weight is 333 g/mol. The monoisotopic (exact) mass is 333 g/mol. The molecular weight excluding hydrogens is 314 g/mol. The lowest BCUT2D eigenvalue weighted by Gasteiger charge is -2.26. The van der Waals surface area contributed by atoms with Crippen molar-refractivity contribution in [1.82, 2.24) is 4.31 Å². The molecule has 1 aliphatic rings. The second-order valence-electron chi connectivity index (χ2n) is 5.68. The maximum Gasteiger partial charge on any atom is 0.218 e. The van der Waals surface area contributed by atoms with Crippen LogP contribution in [-0.4, -0.2) is 44.8 Å². The van der Waals surface area contributed by atoms with Crippen LogP contribution in [0.2, 0.25) is 0 Å². The molecule has 1 heterocycles. The van der Waals surface area contributed by atoms with Crippen molar-refractivity contribution in [3.8, 4) is 0 Å². The number of ketones is 1. The van der Waals surface area contributed by atoms with Crippen LogP contribution in [0, 0.1) is 0 Å². The Morgan fingerprint density at radius 2 is 1.91 bits per heavy atom. The minimum atomic E-state index is -3.37. The zero-order chi connectivity index (χ0) is 16.4. The molecule has 0 amide bonds. The molecule has 1 fully saturated rings. The average Bonchev–Trinajstić information content (AvgIpc) is 2.54. The fourth-order valence-electron chi connectivity index (χ4n) is 2.84. The van der Waals surface area contributed by atoms with E-state index in [0.29, 0.717) is 37.4 Å². The van der Waals surface area contributed by atoms with Gasteiger partial charge in [0, 0.05) is 18.7 Å². The van der Waals surface area contributed by atoms with Crippen LogP contribution in [0.4, 0.5) is 0 Å². The number of morpholine rings is 1. The number of ether oxygens (including phenoxy) is 1.